The monoisotopic (exact) mass is 248 g/mol. The van der Waals surface area contributed by atoms with Gasteiger partial charge in [0, 0.05) is 6.04 Å². The summed E-state index contributed by atoms with van der Waals surface area (Å²) in [5.41, 5.74) is 0.0867. The lowest BCUT2D eigenvalue weighted by molar-refractivity contribution is 0.169. The zero-order chi connectivity index (χ0) is 12.8. The Morgan fingerprint density at radius 2 is 1.83 bits per heavy atom. The maximum atomic E-state index is 9.19. The van der Waals surface area contributed by atoms with Gasteiger partial charge < -0.3 is 4.90 Å². The van der Waals surface area contributed by atoms with E-state index in [9.17, 15) is 5.26 Å². The first-order chi connectivity index (χ1) is 8.76. The van der Waals surface area contributed by atoms with E-state index in [0.29, 0.717) is 0 Å². The fourth-order valence-corrected chi connectivity index (χ4v) is 3.55. The van der Waals surface area contributed by atoms with Gasteiger partial charge in [-0.3, -0.25) is 0 Å². The van der Waals surface area contributed by atoms with Crippen molar-refractivity contribution in [1.82, 2.24) is 4.90 Å². The van der Waals surface area contributed by atoms with Crippen LogP contribution in [0.2, 0.25) is 0 Å². The molecule has 18 heavy (non-hydrogen) atoms. The Hall–Kier alpha value is -0.550. The topological polar surface area (TPSA) is 27.0 Å². The summed E-state index contributed by atoms with van der Waals surface area (Å²) in [6, 6.07) is 3.39. The van der Waals surface area contributed by atoms with Crippen molar-refractivity contribution in [3.05, 3.63) is 0 Å². The van der Waals surface area contributed by atoms with Gasteiger partial charge in [-0.25, -0.2) is 0 Å². The van der Waals surface area contributed by atoms with Crippen molar-refractivity contribution < 1.29 is 0 Å². The molecule has 0 aromatic heterocycles. The highest BCUT2D eigenvalue weighted by atomic mass is 15.1. The quantitative estimate of drug-likeness (QED) is 0.661. The molecule has 0 aromatic carbocycles. The molecule has 2 aliphatic rings. The third kappa shape index (κ3) is 3.48. The fourth-order valence-electron chi connectivity index (χ4n) is 3.55. The van der Waals surface area contributed by atoms with Crippen LogP contribution in [-0.4, -0.2) is 24.5 Å². The van der Waals surface area contributed by atoms with E-state index in [1.807, 2.05) is 0 Å². The molecule has 2 saturated carbocycles. The van der Waals surface area contributed by atoms with Crippen LogP contribution in [0.15, 0.2) is 0 Å². The molecule has 0 heterocycles. The van der Waals surface area contributed by atoms with Gasteiger partial charge in [-0.1, -0.05) is 32.1 Å². The molecule has 2 aliphatic carbocycles. The second-order valence-electron chi connectivity index (χ2n) is 6.48. The summed E-state index contributed by atoms with van der Waals surface area (Å²) in [5.74, 6) is 0. The van der Waals surface area contributed by atoms with Crippen LogP contribution < -0.4 is 0 Å². The molecule has 0 radical (unpaired) electrons. The molecule has 0 N–H and O–H groups in total. The molecule has 0 amide bonds. The summed E-state index contributed by atoms with van der Waals surface area (Å²) >= 11 is 0. The second-order valence-corrected chi connectivity index (χ2v) is 6.48. The van der Waals surface area contributed by atoms with Gasteiger partial charge in [-0.15, -0.1) is 0 Å². The number of unbranched alkanes of at least 4 members (excludes halogenated alkanes) is 1. The first-order valence-electron chi connectivity index (χ1n) is 7.87. The van der Waals surface area contributed by atoms with Crippen LogP contribution in [0.5, 0.6) is 0 Å². The third-order valence-corrected chi connectivity index (χ3v) is 5.16. The average molecular weight is 248 g/mol. The summed E-state index contributed by atoms with van der Waals surface area (Å²) in [7, 11) is 2.29. The van der Waals surface area contributed by atoms with Crippen LogP contribution in [0, 0.1) is 16.7 Å². The molecule has 0 aromatic rings. The van der Waals surface area contributed by atoms with Gasteiger partial charge in [0.25, 0.3) is 0 Å². The molecule has 2 rings (SSSR count). The Labute approximate surface area is 112 Å². The van der Waals surface area contributed by atoms with E-state index < -0.39 is 0 Å². The highest BCUT2D eigenvalue weighted by molar-refractivity contribution is 5.04. The van der Waals surface area contributed by atoms with Crippen LogP contribution >= 0.6 is 0 Å². The van der Waals surface area contributed by atoms with Gasteiger partial charge in [0.1, 0.15) is 0 Å². The van der Waals surface area contributed by atoms with Gasteiger partial charge in [0.15, 0.2) is 0 Å². The number of hydrogen-bond acceptors (Lipinski definition) is 2. The van der Waals surface area contributed by atoms with Crippen molar-refractivity contribution in [1.29, 1.82) is 5.26 Å². The highest BCUT2D eigenvalue weighted by Gasteiger charge is 2.36. The van der Waals surface area contributed by atoms with Crippen molar-refractivity contribution in [2.75, 3.05) is 13.6 Å². The molecule has 0 unspecified atom stereocenters. The predicted molar refractivity (Wildman–Crippen MR) is 75.3 cm³/mol. The SMILES string of the molecule is CN(CCCCC1(C#N)CCC1)C1CCCCC1. The normalized spacial score (nSPS) is 23.6. The molecule has 0 aliphatic heterocycles. The van der Waals surface area contributed by atoms with E-state index in [4.69, 9.17) is 0 Å². The Bertz CT molecular complexity index is 282. The molecular formula is C16H28N2. The zero-order valence-electron chi connectivity index (χ0n) is 12.0. The minimum Gasteiger partial charge on any atom is -0.303 e. The Kier molecular flexibility index (Phi) is 5.06. The van der Waals surface area contributed by atoms with E-state index >= 15 is 0 Å². The summed E-state index contributed by atoms with van der Waals surface area (Å²) in [6.07, 6.45) is 14.3. The average Bonchev–Trinajstić information content (AvgIpc) is 2.38. The van der Waals surface area contributed by atoms with E-state index in [1.165, 1.54) is 57.9 Å². The minimum atomic E-state index is 0.0867. The Morgan fingerprint density at radius 1 is 1.11 bits per heavy atom. The standard InChI is InChI=1S/C16H28N2/c1-18(15-8-3-2-4-9-15)13-6-5-10-16(14-17)11-7-12-16/h15H,2-13H2,1H3. The summed E-state index contributed by atoms with van der Waals surface area (Å²) in [4.78, 5) is 2.57. The first kappa shape index (κ1) is 13.9. The van der Waals surface area contributed by atoms with Crippen molar-refractivity contribution in [3.63, 3.8) is 0 Å². The Morgan fingerprint density at radius 3 is 2.39 bits per heavy atom. The van der Waals surface area contributed by atoms with Crippen LogP contribution in [0.4, 0.5) is 0 Å². The Balaban J connectivity index is 1.58. The number of rotatable bonds is 6. The van der Waals surface area contributed by atoms with Crippen LogP contribution in [0.3, 0.4) is 0 Å². The van der Waals surface area contributed by atoms with Gasteiger partial charge in [0.05, 0.1) is 11.5 Å². The lowest BCUT2D eigenvalue weighted by Crippen LogP contribution is -2.34. The van der Waals surface area contributed by atoms with Gasteiger partial charge in [0.2, 0.25) is 0 Å². The summed E-state index contributed by atoms with van der Waals surface area (Å²) in [6.45, 7) is 1.23. The zero-order valence-corrected chi connectivity index (χ0v) is 12.0. The van der Waals surface area contributed by atoms with Gasteiger partial charge >= 0.3 is 0 Å². The largest absolute Gasteiger partial charge is 0.303 e. The molecule has 2 fully saturated rings. The molecular weight excluding hydrogens is 220 g/mol. The van der Waals surface area contributed by atoms with E-state index in [-0.39, 0.29) is 5.41 Å². The van der Waals surface area contributed by atoms with Crippen LogP contribution in [0.1, 0.15) is 70.6 Å². The smallest absolute Gasteiger partial charge is 0.0689 e. The molecule has 0 bridgehead atoms. The number of nitrogens with zero attached hydrogens (tertiary/aromatic N) is 2. The maximum Gasteiger partial charge on any atom is 0.0689 e. The lowest BCUT2D eigenvalue weighted by atomic mass is 9.67. The molecule has 102 valence electrons. The van der Waals surface area contributed by atoms with E-state index in [0.717, 1.165) is 25.3 Å². The summed E-state index contributed by atoms with van der Waals surface area (Å²) < 4.78 is 0. The van der Waals surface area contributed by atoms with E-state index in [2.05, 4.69) is 18.0 Å². The van der Waals surface area contributed by atoms with Crippen LogP contribution in [0.25, 0.3) is 0 Å². The predicted octanol–water partition coefficient (Wildman–Crippen LogP) is 4.12. The number of hydrogen-bond donors (Lipinski definition) is 0. The molecule has 0 spiro atoms. The molecule has 0 saturated heterocycles. The second kappa shape index (κ2) is 6.57. The molecule has 2 nitrogen and oxygen atoms in total. The van der Waals surface area contributed by atoms with Crippen molar-refractivity contribution in [2.24, 2.45) is 5.41 Å². The van der Waals surface area contributed by atoms with Crippen LogP contribution in [-0.2, 0) is 0 Å². The molecule has 0 atom stereocenters. The maximum absolute atomic E-state index is 9.19. The third-order valence-electron chi connectivity index (χ3n) is 5.16. The lowest BCUT2D eigenvalue weighted by Gasteiger charge is -2.35. The van der Waals surface area contributed by atoms with Gasteiger partial charge in [-0.05, 0) is 52.1 Å². The van der Waals surface area contributed by atoms with Crippen molar-refractivity contribution in [3.8, 4) is 6.07 Å². The van der Waals surface area contributed by atoms with Gasteiger partial charge in [-0.2, -0.15) is 5.26 Å². The summed E-state index contributed by atoms with van der Waals surface area (Å²) in [5, 5.41) is 9.19. The van der Waals surface area contributed by atoms with Crippen molar-refractivity contribution in [2.45, 2.75) is 76.7 Å². The number of nitriles is 1. The highest BCUT2D eigenvalue weighted by Crippen LogP contribution is 2.44. The first-order valence-corrected chi connectivity index (χ1v) is 7.87. The van der Waals surface area contributed by atoms with E-state index in [1.54, 1.807) is 0 Å². The molecule has 2 heteroatoms. The minimum absolute atomic E-state index is 0.0867. The van der Waals surface area contributed by atoms with Crippen molar-refractivity contribution >= 4 is 0 Å². The fraction of sp³-hybridized carbons (Fsp3) is 0.938.